The summed E-state index contributed by atoms with van der Waals surface area (Å²) in [5.41, 5.74) is 2.30. The number of fused-ring (bicyclic) bond motifs is 1. The quantitative estimate of drug-likeness (QED) is 0.744. The minimum absolute atomic E-state index is 0.281. The summed E-state index contributed by atoms with van der Waals surface area (Å²) in [5, 5.41) is 18.7. The highest BCUT2D eigenvalue weighted by Crippen LogP contribution is 2.32. The molecule has 0 spiro atoms. The van der Waals surface area contributed by atoms with Crippen LogP contribution in [-0.4, -0.2) is 23.4 Å². The molecule has 0 fully saturated rings. The van der Waals surface area contributed by atoms with Gasteiger partial charge in [0.05, 0.1) is 12.7 Å². The van der Waals surface area contributed by atoms with E-state index < -0.39 is 0 Å². The van der Waals surface area contributed by atoms with E-state index in [-0.39, 0.29) is 12.7 Å². The molecule has 1 aromatic carbocycles. The summed E-state index contributed by atoms with van der Waals surface area (Å²) >= 11 is 0. The third kappa shape index (κ3) is 4.22. The van der Waals surface area contributed by atoms with Crippen molar-refractivity contribution in [2.24, 2.45) is 0 Å². The Morgan fingerprint density at radius 1 is 1.16 bits per heavy atom. The molecule has 3 nitrogen and oxygen atoms in total. The van der Waals surface area contributed by atoms with Gasteiger partial charge < -0.3 is 14.9 Å². The number of hydrogen-bond acceptors (Lipinski definition) is 3. The lowest BCUT2D eigenvalue weighted by molar-refractivity contribution is 0.156. The smallest absolute Gasteiger partial charge is 0.119 e. The SMILES string of the molecule is OCCCCCCOc1ccc2c(c1)C(O)CCC2. The second kappa shape index (κ2) is 7.51. The third-order valence-corrected chi connectivity index (χ3v) is 3.72. The van der Waals surface area contributed by atoms with Crippen molar-refractivity contribution in [1.82, 2.24) is 0 Å². The second-order valence-electron chi connectivity index (χ2n) is 5.25. The number of aryl methyl sites for hydroxylation is 1. The number of benzene rings is 1. The van der Waals surface area contributed by atoms with Gasteiger partial charge in [-0.25, -0.2) is 0 Å². The molecule has 0 amide bonds. The lowest BCUT2D eigenvalue weighted by Gasteiger charge is -2.22. The number of rotatable bonds is 7. The van der Waals surface area contributed by atoms with E-state index in [0.29, 0.717) is 6.61 Å². The van der Waals surface area contributed by atoms with Crippen LogP contribution in [0, 0.1) is 0 Å². The first-order chi connectivity index (χ1) is 9.31. The molecule has 0 radical (unpaired) electrons. The monoisotopic (exact) mass is 264 g/mol. The Morgan fingerprint density at radius 2 is 2.00 bits per heavy atom. The van der Waals surface area contributed by atoms with Crippen LogP contribution in [0.5, 0.6) is 5.75 Å². The van der Waals surface area contributed by atoms with Crippen molar-refractivity contribution in [2.75, 3.05) is 13.2 Å². The van der Waals surface area contributed by atoms with Gasteiger partial charge in [0.2, 0.25) is 0 Å². The summed E-state index contributed by atoms with van der Waals surface area (Å²) < 4.78 is 5.73. The Bertz CT molecular complexity index is 390. The lowest BCUT2D eigenvalue weighted by atomic mass is 9.89. The Balaban J connectivity index is 1.79. The summed E-state index contributed by atoms with van der Waals surface area (Å²) in [6.07, 6.45) is 6.71. The van der Waals surface area contributed by atoms with Crippen LogP contribution in [0.15, 0.2) is 18.2 Å². The van der Waals surface area contributed by atoms with E-state index in [2.05, 4.69) is 6.07 Å². The van der Waals surface area contributed by atoms with Crippen molar-refractivity contribution in [3.05, 3.63) is 29.3 Å². The molecule has 0 heterocycles. The highest BCUT2D eigenvalue weighted by Gasteiger charge is 2.18. The van der Waals surface area contributed by atoms with Gasteiger partial charge in [-0.2, -0.15) is 0 Å². The average molecular weight is 264 g/mol. The van der Waals surface area contributed by atoms with E-state index in [1.54, 1.807) is 0 Å². The van der Waals surface area contributed by atoms with E-state index in [9.17, 15) is 5.11 Å². The van der Waals surface area contributed by atoms with Gasteiger partial charge in [-0.1, -0.05) is 12.5 Å². The molecule has 0 bridgehead atoms. The molecule has 3 heteroatoms. The van der Waals surface area contributed by atoms with Crippen molar-refractivity contribution in [3.8, 4) is 5.75 Å². The fourth-order valence-corrected chi connectivity index (χ4v) is 2.60. The standard InChI is InChI=1S/C16H24O3/c17-10-3-1-2-4-11-19-14-9-8-13-6-5-7-16(18)15(13)12-14/h8-9,12,16-18H,1-7,10-11H2. The molecule has 1 aliphatic rings. The van der Waals surface area contributed by atoms with E-state index in [1.807, 2.05) is 12.1 Å². The maximum atomic E-state index is 9.98. The number of unbranched alkanes of at least 4 members (excludes halogenated alkanes) is 3. The van der Waals surface area contributed by atoms with Crippen LogP contribution in [-0.2, 0) is 6.42 Å². The fourth-order valence-electron chi connectivity index (χ4n) is 2.60. The van der Waals surface area contributed by atoms with Gasteiger partial charge >= 0.3 is 0 Å². The third-order valence-electron chi connectivity index (χ3n) is 3.72. The maximum Gasteiger partial charge on any atom is 0.119 e. The molecular weight excluding hydrogens is 240 g/mol. The lowest BCUT2D eigenvalue weighted by Crippen LogP contribution is -2.09. The second-order valence-corrected chi connectivity index (χ2v) is 5.25. The molecule has 1 aromatic rings. The molecule has 1 aliphatic carbocycles. The van der Waals surface area contributed by atoms with Crippen molar-refractivity contribution in [3.63, 3.8) is 0 Å². The van der Waals surface area contributed by atoms with Crippen LogP contribution in [0.4, 0.5) is 0 Å². The number of ether oxygens (including phenoxy) is 1. The van der Waals surface area contributed by atoms with Gasteiger partial charge in [0.25, 0.3) is 0 Å². The summed E-state index contributed by atoms with van der Waals surface area (Å²) in [6, 6.07) is 6.08. The predicted octanol–water partition coefficient (Wildman–Crippen LogP) is 2.99. The first kappa shape index (κ1) is 14.4. The molecule has 2 rings (SSSR count). The Labute approximate surface area is 115 Å². The molecule has 2 N–H and O–H groups in total. The minimum atomic E-state index is -0.322. The number of hydrogen-bond donors (Lipinski definition) is 2. The largest absolute Gasteiger partial charge is 0.494 e. The van der Waals surface area contributed by atoms with Gasteiger partial charge in [0.1, 0.15) is 5.75 Å². The molecule has 1 unspecified atom stereocenters. The number of aliphatic hydroxyl groups excluding tert-OH is 2. The summed E-state index contributed by atoms with van der Waals surface area (Å²) in [4.78, 5) is 0. The Morgan fingerprint density at radius 3 is 2.84 bits per heavy atom. The van der Waals surface area contributed by atoms with Crippen LogP contribution in [0.2, 0.25) is 0 Å². The molecular formula is C16H24O3. The van der Waals surface area contributed by atoms with Gasteiger partial charge in [0, 0.05) is 6.61 Å². The van der Waals surface area contributed by atoms with Crippen molar-refractivity contribution < 1.29 is 14.9 Å². The normalized spacial score (nSPS) is 18.1. The highest BCUT2D eigenvalue weighted by atomic mass is 16.5. The molecule has 1 atom stereocenters. The van der Waals surface area contributed by atoms with E-state index in [4.69, 9.17) is 9.84 Å². The first-order valence-electron chi connectivity index (χ1n) is 7.36. The maximum absolute atomic E-state index is 9.98. The highest BCUT2D eigenvalue weighted by molar-refractivity contribution is 5.38. The summed E-state index contributed by atoms with van der Waals surface area (Å²) in [6.45, 7) is 0.990. The van der Waals surface area contributed by atoms with Crippen molar-refractivity contribution in [2.45, 2.75) is 51.0 Å². The molecule has 19 heavy (non-hydrogen) atoms. The Kier molecular flexibility index (Phi) is 5.67. The van der Waals surface area contributed by atoms with Gasteiger partial charge in [-0.3, -0.25) is 0 Å². The van der Waals surface area contributed by atoms with Crippen LogP contribution in [0.25, 0.3) is 0 Å². The van der Waals surface area contributed by atoms with Crippen LogP contribution in [0.1, 0.15) is 55.8 Å². The molecule has 0 saturated carbocycles. The zero-order valence-corrected chi connectivity index (χ0v) is 11.5. The van der Waals surface area contributed by atoms with Crippen molar-refractivity contribution in [1.29, 1.82) is 0 Å². The minimum Gasteiger partial charge on any atom is -0.494 e. The number of aliphatic hydroxyl groups is 2. The fraction of sp³-hybridized carbons (Fsp3) is 0.625. The first-order valence-corrected chi connectivity index (χ1v) is 7.36. The van der Waals surface area contributed by atoms with Crippen LogP contribution < -0.4 is 4.74 Å². The van der Waals surface area contributed by atoms with E-state index in [0.717, 1.165) is 56.3 Å². The molecule has 106 valence electrons. The topological polar surface area (TPSA) is 49.7 Å². The van der Waals surface area contributed by atoms with Gasteiger partial charge in [0.15, 0.2) is 0 Å². The average Bonchev–Trinajstić information content (AvgIpc) is 2.43. The van der Waals surface area contributed by atoms with Gasteiger partial charge in [-0.05, 0) is 61.8 Å². The van der Waals surface area contributed by atoms with Crippen molar-refractivity contribution >= 4 is 0 Å². The Hall–Kier alpha value is -1.06. The zero-order chi connectivity index (χ0) is 13.5. The zero-order valence-electron chi connectivity index (χ0n) is 11.5. The molecule has 0 aromatic heterocycles. The summed E-state index contributed by atoms with van der Waals surface area (Å²) in [7, 11) is 0. The van der Waals surface area contributed by atoms with Gasteiger partial charge in [-0.15, -0.1) is 0 Å². The van der Waals surface area contributed by atoms with E-state index >= 15 is 0 Å². The molecule has 0 aliphatic heterocycles. The van der Waals surface area contributed by atoms with Crippen LogP contribution in [0.3, 0.4) is 0 Å². The van der Waals surface area contributed by atoms with Crippen LogP contribution >= 0.6 is 0 Å². The predicted molar refractivity (Wildman–Crippen MR) is 75.4 cm³/mol. The molecule has 0 saturated heterocycles. The summed E-state index contributed by atoms with van der Waals surface area (Å²) in [5.74, 6) is 0.863. The van der Waals surface area contributed by atoms with E-state index in [1.165, 1.54) is 5.56 Å².